The second-order valence-electron chi connectivity index (χ2n) is 5.35. The molecule has 2 heterocycles. The maximum Gasteiger partial charge on any atom is 0.231 e. The lowest BCUT2D eigenvalue weighted by atomic mass is 10.0. The number of hydrogen-bond acceptors (Lipinski definition) is 5. The van der Waals surface area contributed by atoms with E-state index >= 15 is 0 Å². The fourth-order valence-corrected chi connectivity index (χ4v) is 2.96. The molecule has 106 valence electrons. The van der Waals surface area contributed by atoms with Gasteiger partial charge in [-0.15, -0.1) is 0 Å². The Morgan fingerprint density at radius 2 is 2.30 bits per heavy atom. The van der Waals surface area contributed by atoms with Crippen LogP contribution < -0.4 is 5.32 Å². The number of likely N-dealkylation sites (N-methyl/N-ethyl adjacent to an activating group) is 1. The summed E-state index contributed by atoms with van der Waals surface area (Å²) >= 11 is 0. The monoisotopic (exact) mass is 272 g/mol. The smallest absolute Gasteiger partial charge is 0.231 e. The second-order valence-corrected chi connectivity index (χ2v) is 5.35. The molecular weight excluding hydrogens is 252 g/mol. The molecule has 0 radical (unpaired) electrons. The molecule has 0 aliphatic heterocycles. The molecule has 5 nitrogen and oxygen atoms in total. The Balaban J connectivity index is 1.85. The van der Waals surface area contributed by atoms with Crippen molar-refractivity contribution < 1.29 is 4.52 Å². The Kier molecular flexibility index (Phi) is 3.78. The zero-order chi connectivity index (χ0) is 13.9. The predicted molar refractivity (Wildman–Crippen MR) is 76.3 cm³/mol. The van der Waals surface area contributed by atoms with Gasteiger partial charge in [0.05, 0.1) is 5.92 Å². The van der Waals surface area contributed by atoms with Crippen molar-refractivity contribution in [2.24, 2.45) is 0 Å². The van der Waals surface area contributed by atoms with E-state index in [0.717, 1.165) is 30.0 Å². The van der Waals surface area contributed by atoms with Crippen molar-refractivity contribution in [3.8, 4) is 11.4 Å². The molecule has 2 aromatic heterocycles. The van der Waals surface area contributed by atoms with Crippen molar-refractivity contribution in [2.75, 3.05) is 6.54 Å². The Hall–Kier alpha value is -1.75. The number of aryl methyl sites for hydroxylation is 1. The zero-order valence-electron chi connectivity index (χ0n) is 12.0. The van der Waals surface area contributed by atoms with Crippen molar-refractivity contribution >= 4 is 0 Å². The fraction of sp³-hybridized carbons (Fsp3) is 0.533. The van der Waals surface area contributed by atoms with Gasteiger partial charge in [-0.3, -0.25) is 4.98 Å². The Labute approximate surface area is 118 Å². The minimum absolute atomic E-state index is 0.341. The van der Waals surface area contributed by atoms with E-state index in [1.165, 1.54) is 12.8 Å². The van der Waals surface area contributed by atoms with Gasteiger partial charge in [-0.2, -0.15) is 4.98 Å². The first-order valence-electron chi connectivity index (χ1n) is 7.27. The minimum atomic E-state index is 0.341. The maximum atomic E-state index is 5.51. The van der Waals surface area contributed by atoms with Gasteiger partial charge >= 0.3 is 0 Å². The molecule has 0 bridgehead atoms. The Bertz CT molecular complexity index is 581. The molecule has 1 N–H and O–H groups in total. The van der Waals surface area contributed by atoms with Gasteiger partial charge in [-0.25, -0.2) is 0 Å². The van der Waals surface area contributed by atoms with Crippen molar-refractivity contribution in [1.29, 1.82) is 0 Å². The van der Waals surface area contributed by atoms with E-state index in [1.807, 2.05) is 13.0 Å². The predicted octanol–water partition coefficient (Wildman–Crippen LogP) is 2.69. The van der Waals surface area contributed by atoms with Crippen LogP contribution in [0.5, 0.6) is 0 Å². The molecule has 0 saturated heterocycles. The van der Waals surface area contributed by atoms with Crippen molar-refractivity contribution in [3.05, 3.63) is 29.9 Å². The number of rotatable bonds is 4. The highest BCUT2D eigenvalue weighted by Gasteiger charge is 2.32. The van der Waals surface area contributed by atoms with Gasteiger partial charge in [-0.05, 0) is 37.9 Å². The van der Waals surface area contributed by atoms with Crippen LogP contribution in [-0.4, -0.2) is 27.7 Å². The van der Waals surface area contributed by atoms with E-state index in [1.54, 1.807) is 12.4 Å². The molecule has 1 aliphatic rings. The van der Waals surface area contributed by atoms with E-state index in [2.05, 4.69) is 27.4 Å². The van der Waals surface area contributed by atoms with Crippen molar-refractivity contribution in [3.63, 3.8) is 0 Å². The van der Waals surface area contributed by atoms with E-state index in [-0.39, 0.29) is 0 Å². The van der Waals surface area contributed by atoms with Crippen LogP contribution in [-0.2, 0) is 0 Å². The van der Waals surface area contributed by atoms with Gasteiger partial charge in [0.2, 0.25) is 11.7 Å². The summed E-state index contributed by atoms with van der Waals surface area (Å²) in [4.78, 5) is 8.74. The van der Waals surface area contributed by atoms with E-state index in [0.29, 0.717) is 17.8 Å². The van der Waals surface area contributed by atoms with E-state index in [9.17, 15) is 0 Å². The van der Waals surface area contributed by atoms with Crippen LogP contribution in [0.3, 0.4) is 0 Å². The number of nitrogens with one attached hydrogen (secondary N) is 1. The standard InChI is InChI=1S/C15H20N4O/c1-3-17-13-6-4-5-11(13)15-18-14(19-20-15)12-9-16-8-7-10(12)2/h7-9,11,13,17H,3-6H2,1-2H3. The third-order valence-electron chi connectivity index (χ3n) is 4.02. The Morgan fingerprint density at radius 3 is 3.10 bits per heavy atom. The van der Waals surface area contributed by atoms with Crippen LogP contribution in [0.4, 0.5) is 0 Å². The van der Waals surface area contributed by atoms with Gasteiger partial charge in [0.1, 0.15) is 0 Å². The normalized spacial score (nSPS) is 22.3. The topological polar surface area (TPSA) is 63.8 Å². The molecule has 0 spiro atoms. The summed E-state index contributed by atoms with van der Waals surface area (Å²) in [5.41, 5.74) is 2.06. The highest BCUT2D eigenvalue weighted by atomic mass is 16.5. The first kappa shape index (κ1) is 13.2. The molecule has 0 amide bonds. The molecule has 2 aromatic rings. The van der Waals surface area contributed by atoms with E-state index < -0.39 is 0 Å². The van der Waals surface area contributed by atoms with Gasteiger partial charge < -0.3 is 9.84 Å². The molecular formula is C15H20N4O. The number of pyridine rings is 1. The molecule has 3 rings (SSSR count). The van der Waals surface area contributed by atoms with Crippen molar-refractivity contribution in [1.82, 2.24) is 20.4 Å². The molecule has 2 unspecified atom stereocenters. The average Bonchev–Trinajstić information content (AvgIpc) is 3.08. The summed E-state index contributed by atoms with van der Waals surface area (Å²) in [5, 5.41) is 7.65. The van der Waals surface area contributed by atoms with Gasteiger partial charge in [0.15, 0.2) is 0 Å². The molecule has 1 saturated carbocycles. The Morgan fingerprint density at radius 1 is 1.40 bits per heavy atom. The molecule has 5 heteroatoms. The van der Waals surface area contributed by atoms with Crippen LogP contribution in [0.1, 0.15) is 43.6 Å². The summed E-state index contributed by atoms with van der Waals surface area (Å²) in [7, 11) is 0. The fourth-order valence-electron chi connectivity index (χ4n) is 2.96. The van der Waals surface area contributed by atoms with Gasteiger partial charge in [-0.1, -0.05) is 18.5 Å². The lowest BCUT2D eigenvalue weighted by Crippen LogP contribution is -2.31. The minimum Gasteiger partial charge on any atom is -0.339 e. The number of hydrogen-bond donors (Lipinski definition) is 1. The SMILES string of the molecule is CCNC1CCCC1c1nc(-c2cnccc2C)no1. The quantitative estimate of drug-likeness (QED) is 0.927. The third kappa shape index (κ3) is 2.45. The average molecular weight is 272 g/mol. The van der Waals surface area contributed by atoms with Crippen LogP contribution >= 0.6 is 0 Å². The maximum absolute atomic E-state index is 5.51. The van der Waals surface area contributed by atoms with Crippen LogP contribution in [0.2, 0.25) is 0 Å². The zero-order valence-corrected chi connectivity index (χ0v) is 12.0. The van der Waals surface area contributed by atoms with Gasteiger partial charge in [0, 0.05) is 24.0 Å². The molecule has 2 atom stereocenters. The third-order valence-corrected chi connectivity index (χ3v) is 4.02. The molecule has 0 aromatic carbocycles. The lowest BCUT2D eigenvalue weighted by molar-refractivity contribution is 0.332. The highest BCUT2D eigenvalue weighted by molar-refractivity contribution is 5.57. The summed E-state index contributed by atoms with van der Waals surface area (Å²) < 4.78 is 5.51. The number of nitrogens with zero attached hydrogens (tertiary/aromatic N) is 3. The summed E-state index contributed by atoms with van der Waals surface area (Å²) in [6.07, 6.45) is 7.08. The summed E-state index contributed by atoms with van der Waals surface area (Å²) in [6, 6.07) is 2.42. The van der Waals surface area contributed by atoms with Crippen LogP contribution in [0.15, 0.2) is 23.0 Å². The van der Waals surface area contributed by atoms with Crippen LogP contribution in [0.25, 0.3) is 11.4 Å². The first-order valence-corrected chi connectivity index (χ1v) is 7.27. The van der Waals surface area contributed by atoms with Crippen molar-refractivity contribution in [2.45, 2.75) is 45.1 Å². The van der Waals surface area contributed by atoms with Crippen LogP contribution in [0, 0.1) is 6.92 Å². The first-order chi connectivity index (χ1) is 9.79. The lowest BCUT2D eigenvalue weighted by Gasteiger charge is -2.16. The molecule has 20 heavy (non-hydrogen) atoms. The summed E-state index contributed by atoms with van der Waals surface area (Å²) in [5.74, 6) is 1.74. The molecule has 1 fully saturated rings. The number of aromatic nitrogens is 3. The van der Waals surface area contributed by atoms with Gasteiger partial charge in [0.25, 0.3) is 0 Å². The van der Waals surface area contributed by atoms with E-state index in [4.69, 9.17) is 4.52 Å². The second kappa shape index (κ2) is 5.71. The largest absolute Gasteiger partial charge is 0.339 e. The molecule has 1 aliphatic carbocycles. The summed E-state index contributed by atoms with van der Waals surface area (Å²) in [6.45, 7) is 5.14. The highest BCUT2D eigenvalue weighted by Crippen LogP contribution is 2.34.